The summed E-state index contributed by atoms with van der Waals surface area (Å²) in [4.78, 5) is 23.0. The lowest BCUT2D eigenvalue weighted by atomic mass is 10.1. The fraction of sp³-hybridized carbons (Fsp3) is 0.111. The summed E-state index contributed by atoms with van der Waals surface area (Å²) in [5, 5.41) is 10.7. The first-order chi connectivity index (χ1) is 11.5. The standard InChI is InChI=1S/C18H13FO5/c1-10(18(21)22)23-12-6-7-13-15(9-12)24-16(17(13)20)8-11-4-2-3-5-14(11)19/h2-10H,1H3,(H,21,22)/p-1/b16-8-/t10-/m1/s1. The maximum atomic E-state index is 13.7. The minimum Gasteiger partial charge on any atom is -0.546 e. The Hall–Kier alpha value is -3.15. The Morgan fingerprint density at radius 3 is 2.75 bits per heavy atom. The second-order valence-electron chi connectivity index (χ2n) is 5.20. The molecule has 0 unspecified atom stereocenters. The summed E-state index contributed by atoms with van der Waals surface area (Å²) in [6, 6.07) is 10.3. The van der Waals surface area contributed by atoms with E-state index >= 15 is 0 Å². The summed E-state index contributed by atoms with van der Waals surface area (Å²) in [7, 11) is 0. The molecule has 1 aliphatic rings. The quantitative estimate of drug-likeness (QED) is 0.803. The van der Waals surface area contributed by atoms with Crippen molar-refractivity contribution in [2.75, 3.05) is 0 Å². The van der Waals surface area contributed by atoms with Gasteiger partial charge in [-0.05, 0) is 31.2 Å². The van der Waals surface area contributed by atoms with E-state index in [0.717, 1.165) is 0 Å². The van der Waals surface area contributed by atoms with Gasteiger partial charge in [0.15, 0.2) is 5.76 Å². The highest BCUT2D eigenvalue weighted by atomic mass is 19.1. The number of hydrogen-bond acceptors (Lipinski definition) is 5. The van der Waals surface area contributed by atoms with Crippen molar-refractivity contribution >= 4 is 17.8 Å². The Labute approximate surface area is 136 Å². The van der Waals surface area contributed by atoms with E-state index in [4.69, 9.17) is 9.47 Å². The molecule has 0 aliphatic carbocycles. The van der Waals surface area contributed by atoms with Gasteiger partial charge in [-0.25, -0.2) is 4.39 Å². The molecule has 5 nitrogen and oxygen atoms in total. The lowest BCUT2D eigenvalue weighted by molar-refractivity contribution is -0.312. The highest BCUT2D eigenvalue weighted by Crippen LogP contribution is 2.35. The third-order valence-corrected chi connectivity index (χ3v) is 3.48. The molecule has 0 saturated heterocycles. The van der Waals surface area contributed by atoms with Gasteiger partial charge in [0.25, 0.3) is 0 Å². The number of halogens is 1. The molecule has 1 atom stereocenters. The second-order valence-corrected chi connectivity index (χ2v) is 5.20. The van der Waals surface area contributed by atoms with Gasteiger partial charge < -0.3 is 19.4 Å². The minimum absolute atomic E-state index is 0.0137. The molecule has 2 aromatic rings. The van der Waals surface area contributed by atoms with Crippen LogP contribution in [0.4, 0.5) is 4.39 Å². The van der Waals surface area contributed by atoms with Crippen molar-refractivity contribution in [1.29, 1.82) is 0 Å². The van der Waals surface area contributed by atoms with Crippen LogP contribution >= 0.6 is 0 Å². The summed E-state index contributed by atoms with van der Waals surface area (Å²) in [5.41, 5.74) is 0.529. The van der Waals surface area contributed by atoms with E-state index in [-0.39, 0.29) is 28.6 Å². The van der Waals surface area contributed by atoms with Crippen LogP contribution in [0.2, 0.25) is 0 Å². The third-order valence-electron chi connectivity index (χ3n) is 3.48. The molecule has 0 fully saturated rings. The number of ketones is 1. The van der Waals surface area contributed by atoms with Crippen LogP contribution in [0.25, 0.3) is 6.08 Å². The fourth-order valence-electron chi connectivity index (χ4n) is 2.23. The molecule has 0 saturated carbocycles. The van der Waals surface area contributed by atoms with Crippen LogP contribution in [-0.4, -0.2) is 17.9 Å². The van der Waals surface area contributed by atoms with Gasteiger partial charge in [0.05, 0.1) is 11.5 Å². The predicted octanol–water partition coefficient (Wildman–Crippen LogP) is 1.96. The average Bonchev–Trinajstić information content (AvgIpc) is 2.85. The van der Waals surface area contributed by atoms with Gasteiger partial charge in [0.1, 0.15) is 23.4 Å². The van der Waals surface area contributed by atoms with Gasteiger partial charge in [-0.15, -0.1) is 0 Å². The lowest BCUT2D eigenvalue weighted by Crippen LogP contribution is -2.37. The summed E-state index contributed by atoms with van der Waals surface area (Å²) >= 11 is 0. The first kappa shape index (κ1) is 15.7. The summed E-state index contributed by atoms with van der Waals surface area (Å²) in [5.74, 6) is -1.76. The molecule has 0 radical (unpaired) electrons. The van der Waals surface area contributed by atoms with E-state index in [2.05, 4.69) is 0 Å². The molecule has 1 aliphatic heterocycles. The molecule has 24 heavy (non-hydrogen) atoms. The summed E-state index contributed by atoms with van der Waals surface area (Å²) in [6.45, 7) is 1.33. The maximum Gasteiger partial charge on any atom is 0.231 e. The fourth-order valence-corrected chi connectivity index (χ4v) is 2.23. The molecule has 2 aromatic carbocycles. The zero-order valence-electron chi connectivity index (χ0n) is 12.6. The molecule has 6 heteroatoms. The van der Waals surface area contributed by atoms with Gasteiger partial charge in [0, 0.05) is 11.6 Å². The van der Waals surface area contributed by atoms with E-state index in [1.165, 1.54) is 43.3 Å². The van der Waals surface area contributed by atoms with Crippen LogP contribution in [0.3, 0.4) is 0 Å². The molecule has 0 aromatic heterocycles. The number of carbonyl (C=O) groups excluding carboxylic acids is 2. The third kappa shape index (κ3) is 2.99. The highest BCUT2D eigenvalue weighted by molar-refractivity contribution is 6.14. The van der Waals surface area contributed by atoms with Crippen molar-refractivity contribution in [3.05, 3.63) is 65.2 Å². The van der Waals surface area contributed by atoms with Crippen LogP contribution < -0.4 is 14.6 Å². The molecule has 122 valence electrons. The lowest BCUT2D eigenvalue weighted by Gasteiger charge is -2.15. The van der Waals surface area contributed by atoms with Crippen LogP contribution in [0.1, 0.15) is 22.8 Å². The van der Waals surface area contributed by atoms with Crippen LogP contribution in [0, 0.1) is 5.82 Å². The Morgan fingerprint density at radius 1 is 1.29 bits per heavy atom. The van der Waals surface area contributed by atoms with Gasteiger partial charge in [-0.1, -0.05) is 18.2 Å². The zero-order chi connectivity index (χ0) is 17.3. The number of ether oxygens (including phenoxy) is 2. The smallest absolute Gasteiger partial charge is 0.231 e. The SMILES string of the molecule is C[C@@H](Oc1ccc2c(c1)O/C(=C\c1ccccc1F)C2=O)C(=O)[O-]. The Kier molecular flexibility index (Phi) is 4.04. The number of rotatable bonds is 4. The largest absolute Gasteiger partial charge is 0.546 e. The number of benzene rings is 2. The number of carbonyl (C=O) groups is 2. The van der Waals surface area contributed by atoms with Crippen molar-refractivity contribution in [3.63, 3.8) is 0 Å². The number of allylic oxidation sites excluding steroid dienone is 1. The summed E-state index contributed by atoms with van der Waals surface area (Å²) < 4.78 is 24.3. The van der Waals surface area contributed by atoms with Crippen molar-refractivity contribution in [2.24, 2.45) is 0 Å². The Morgan fingerprint density at radius 2 is 2.04 bits per heavy atom. The van der Waals surface area contributed by atoms with E-state index in [0.29, 0.717) is 5.56 Å². The first-order valence-electron chi connectivity index (χ1n) is 7.16. The van der Waals surface area contributed by atoms with Crippen molar-refractivity contribution in [1.82, 2.24) is 0 Å². The number of Topliss-reactive ketones (excluding diaryl/α,β-unsaturated/α-hetero) is 1. The number of fused-ring (bicyclic) bond motifs is 1. The Bertz CT molecular complexity index is 856. The monoisotopic (exact) mass is 327 g/mol. The predicted molar refractivity (Wildman–Crippen MR) is 80.9 cm³/mol. The summed E-state index contributed by atoms with van der Waals surface area (Å²) in [6.07, 6.45) is 0.177. The van der Waals surface area contributed by atoms with Gasteiger partial charge in [0.2, 0.25) is 5.78 Å². The van der Waals surface area contributed by atoms with E-state index in [1.807, 2.05) is 0 Å². The van der Waals surface area contributed by atoms with Crippen molar-refractivity contribution in [2.45, 2.75) is 13.0 Å². The molecule has 0 N–H and O–H groups in total. The number of hydrogen-bond donors (Lipinski definition) is 0. The van der Waals surface area contributed by atoms with Crippen molar-refractivity contribution in [3.8, 4) is 11.5 Å². The van der Waals surface area contributed by atoms with Crippen molar-refractivity contribution < 1.29 is 28.6 Å². The number of carboxylic acid groups (broad SMARTS) is 1. The Balaban J connectivity index is 1.88. The first-order valence-corrected chi connectivity index (χ1v) is 7.16. The molecular formula is C18H12FO5-. The molecule has 0 spiro atoms. The molecule has 0 amide bonds. The molecule has 3 rings (SSSR count). The minimum atomic E-state index is -1.35. The second kappa shape index (κ2) is 6.16. The van der Waals surface area contributed by atoms with Crippen LogP contribution in [0.15, 0.2) is 48.2 Å². The number of carboxylic acids is 1. The van der Waals surface area contributed by atoms with E-state index in [9.17, 15) is 19.1 Å². The molecule has 0 bridgehead atoms. The van der Waals surface area contributed by atoms with Gasteiger partial charge >= 0.3 is 0 Å². The molecule has 1 heterocycles. The number of aliphatic carboxylic acids is 1. The average molecular weight is 327 g/mol. The van der Waals surface area contributed by atoms with Crippen LogP contribution in [0.5, 0.6) is 11.5 Å². The van der Waals surface area contributed by atoms with Crippen LogP contribution in [-0.2, 0) is 4.79 Å². The van der Waals surface area contributed by atoms with E-state index in [1.54, 1.807) is 12.1 Å². The topological polar surface area (TPSA) is 75.7 Å². The molecular weight excluding hydrogens is 315 g/mol. The normalized spacial score (nSPS) is 15.8. The van der Waals surface area contributed by atoms with E-state index < -0.39 is 17.9 Å². The zero-order valence-corrected chi connectivity index (χ0v) is 12.6. The highest BCUT2D eigenvalue weighted by Gasteiger charge is 2.28. The van der Waals surface area contributed by atoms with Gasteiger partial charge in [-0.2, -0.15) is 0 Å². The van der Waals surface area contributed by atoms with Gasteiger partial charge in [-0.3, -0.25) is 4.79 Å². The maximum absolute atomic E-state index is 13.7.